The summed E-state index contributed by atoms with van der Waals surface area (Å²) in [5, 5.41) is 3.21. The first-order chi connectivity index (χ1) is 9.09. The molecule has 1 heterocycles. The summed E-state index contributed by atoms with van der Waals surface area (Å²) in [6, 6.07) is 4.00. The van der Waals surface area contributed by atoms with Gasteiger partial charge in [0.15, 0.2) is 11.6 Å². The summed E-state index contributed by atoms with van der Waals surface area (Å²) in [4.78, 5) is 8.36. The summed E-state index contributed by atoms with van der Waals surface area (Å²) < 4.78 is 26.3. The summed E-state index contributed by atoms with van der Waals surface area (Å²) in [5.74, 6) is -1.14. The molecule has 0 radical (unpaired) electrons. The molecule has 3 rings (SSSR count). The number of nitrogens with zero attached hydrogens (tertiary/aromatic N) is 2. The van der Waals surface area contributed by atoms with Gasteiger partial charge in [0, 0.05) is 12.4 Å². The maximum Gasteiger partial charge on any atom is 0.223 e. The van der Waals surface area contributed by atoms with Crippen molar-refractivity contribution in [1.29, 1.82) is 0 Å². The minimum Gasteiger partial charge on any atom is -0.345 e. The van der Waals surface area contributed by atoms with E-state index < -0.39 is 11.6 Å². The quantitative estimate of drug-likeness (QED) is 0.922. The lowest BCUT2D eigenvalue weighted by Gasteiger charge is -2.18. The van der Waals surface area contributed by atoms with Crippen LogP contribution in [-0.2, 0) is 5.54 Å². The Morgan fingerprint density at radius 3 is 2.37 bits per heavy atom. The molecule has 0 saturated heterocycles. The Hall–Kier alpha value is -2.04. The molecule has 1 aromatic heterocycles. The van der Waals surface area contributed by atoms with Gasteiger partial charge in [-0.25, -0.2) is 18.7 Å². The Morgan fingerprint density at radius 2 is 1.79 bits per heavy atom. The summed E-state index contributed by atoms with van der Waals surface area (Å²) in [6.07, 6.45) is 5.15. The Bertz CT molecular complexity index is 607. The van der Waals surface area contributed by atoms with Crippen LogP contribution < -0.4 is 5.32 Å². The van der Waals surface area contributed by atoms with Gasteiger partial charge in [-0.05, 0) is 43.0 Å². The number of aryl methyl sites for hydroxylation is 1. The molecule has 1 aliphatic carbocycles. The summed E-state index contributed by atoms with van der Waals surface area (Å²) in [7, 11) is 0. The van der Waals surface area contributed by atoms with Gasteiger partial charge in [-0.15, -0.1) is 0 Å². The number of benzene rings is 1. The number of rotatable bonds is 3. The van der Waals surface area contributed by atoms with Crippen molar-refractivity contribution in [2.75, 3.05) is 5.32 Å². The lowest BCUT2D eigenvalue weighted by Crippen LogP contribution is -2.20. The zero-order chi connectivity index (χ0) is 13.5. The van der Waals surface area contributed by atoms with Crippen molar-refractivity contribution >= 4 is 5.95 Å². The average molecular weight is 261 g/mol. The minimum absolute atomic E-state index is 0.357. The van der Waals surface area contributed by atoms with Gasteiger partial charge >= 0.3 is 0 Å². The molecule has 1 N–H and O–H groups in total. The number of hydrogen-bond acceptors (Lipinski definition) is 3. The van der Waals surface area contributed by atoms with E-state index in [9.17, 15) is 8.78 Å². The van der Waals surface area contributed by atoms with Crippen LogP contribution in [0.5, 0.6) is 0 Å². The third-order valence-electron chi connectivity index (χ3n) is 3.35. The highest BCUT2D eigenvalue weighted by molar-refractivity contribution is 5.42. The minimum atomic E-state index is -0.828. The van der Waals surface area contributed by atoms with Crippen molar-refractivity contribution < 1.29 is 8.78 Å². The van der Waals surface area contributed by atoms with E-state index in [-0.39, 0.29) is 5.54 Å². The predicted molar refractivity (Wildman–Crippen MR) is 67.7 cm³/mol. The lowest BCUT2D eigenvalue weighted by atomic mass is 10.0. The first-order valence-electron chi connectivity index (χ1n) is 6.11. The van der Waals surface area contributed by atoms with E-state index in [2.05, 4.69) is 15.3 Å². The highest BCUT2D eigenvalue weighted by Crippen LogP contribution is 2.47. The van der Waals surface area contributed by atoms with Gasteiger partial charge < -0.3 is 5.32 Å². The summed E-state index contributed by atoms with van der Waals surface area (Å²) in [6.45, 7) is 1.91. The molecular formula is C14H13F2N3. The molecule has 0 aliphatic heterocycles. The molecule has 98 valence electrons. The van der Waals surface area contributed by atoms with Crippen LogP contribution in [0.1, 0.15) is 24.0 Å². The van der Waals surface area contributed by atoms with Crippen LogP contribution in [0, 0.1) is 18.6 Å². The van der Waals surface area contributed by atoms with E-state index in [1.165, 1.54) is 6.07 Å². The number of hydrogen-bond donors (Lipinski definition) is 1. The van der Waals surface area contributed by atoms with Gasteiger partial charge in [0.1, 0.15) is 0 Å². The second kappa shape index (κ2) is 4.26. The monoisotopic (exact) mass is 261 g/mol. The topological polar surface area (TPSA) is 37.8 Å². The smallest absolute Gasteiger partial charge is 0.223 e. The van der Waals surface area contributed by atoms with Gasteiger partial charge in [-0.3, -0.25) is 0 Å². The number of nitrogens with one attached hydrogen (secondary N) is 1. The average Bonchev–Trinajstić information content (AvgIpc) is 3.16. The van der Waals surface area contributed by atoms with E-state index >= 15 is 0 Å². The van der Waals surface area contributed by atoms with Crippen molar-refractivity contribution in [2.24, 2.45) is 0 Å². The standard InChI is InChI=1S/C14H13F2N3/c1-9-7-17-13(18-8-9)19-14(4-5-14)10-2-3-11(15)12(16)6-10/h2-3,6-8H,4-5H2,1H3,(H,17,18,19). The molecule has 1 aliphatic rings. The zero-order valence-electron chi connectivity index (χ0n) is 10.5. The van der Waals surface area contributed by atoms with E-state index in [1.807, 2.05) is 6.92 Å². The van der Waals surface area contributed by atoms with Crippen LogP contribution in [0.2, 0.25) is 0 Å². The van der Waals surface area contributed by atoms with Crippen molar-refractivity contribution in [1.82, 2.24) is 9.97 Å². The molecule has 1 aromatic carbocycles. The van der Waals surface area contributed by atoms with Crippen LogP contribution in [0.3, 0.4) is 0 Å². The van der Waals surface area contributed by atoms with Gasteiger partial charge in [0.25, 0.3) is 0 Å². The molecule has 0 spiro atoms. The second-order valence-electron chi connectivity index (χ2n) is 4.92. The van der Waals surface area contributed by atoms with E-state index in [0.29, 0.717) is 5.95 Å². The van der Waals surface area contributed by atoms with Crippen molar-refractivity contribution in [2.45, 2.75) is 25.3 Å². The largest absolute Gasteiger partial charge is 0.345 e. The van der Waals surface area contributed by atoms with E-state index in [1.54, 1.807) is 18.5 Å². The Kier molecular flexibility index (Phi) is 2.69. The molecule has 1 saturated carbocycles. The van der Waals surface area contributed by atoms with Gasteiger partial charge in [0.05, 0.1) is 5.54 Å². The SMILES string of the molecule is Cc1cnc(NC2(c3ccc(F)c(F)c3)CC2)nc1. The fourth-order valence-electron chi connectivity index (χ4n) is 2.08. The lowest BCUT2D eigenvalue weighted by molar-refractivity contribution is 0.505. The maximum absolute atomic E-state index is 13.3. The number of halogens is 2. The van der Waals surface area contributed by atoms with E-state index in [0.717, 1.165) is 30.0 Å². The zero-order valence-corrected chi connectivity index (χ0v) is 10.5. The molecule has 0 bridgehead atoms. The molecule has 3 nitrogen and oxygen atoms in total. The highest BCUT2D eigenvalue weighted by Gasteiger charge is 2.45. The Morgan fingerprint density at radius 1 is 1.11 bits per heavy atom. The predicted octanol–water partition coefficient (Wildman–Crippen LogP) is 3.16. The first-order valence-corrected chi connectivity index (χ1v) is 6.11. The Labute approximate surface area is 109 Å². The molecular weight excluding hydrogens is 248 g/mol. The summed E-state index contributed by atoms with van der Waals surface area (Å²) in [5.41, 5.74) is 1.35. The van der Waals surface area contributed by atoms with Crippen LogP contribution in [0.4, 0.5) is 14.7 Å². The molecule has 0 unspecified atom stereocenters. The fraction of sp³-hybridized carbons (Fsp3) is 0.286. The molecule has 1 fully saturated rings. The fourth-order valence-corrected chi connectivity index (χ4v) is 2.08. The summed E-state index contributed by atoms with van der Waals surface area (Å²) >= 11 is 0. The second-order valence-corrected chi connectivity index (χ2v) is 4.92. The molecule has 2 aromatic rings. The molecule has 19 heavy (non-hydrogen) atoms. The molecule has 5 heteroatoms. The highest BCUT2D eigenvalue weighted by atomic mass is 19.2. The van der Waals surface area contributed by atoms with Crippen molar-refractivity contribution in [3.8, 4) is 0 Å². The first kappa shape index (κ1) is 12.0. The van der Waals surface area contributed by atoms with E-state index in [4.69, 9.17) is 0 Å². The van der Waals surface area contributed by atoms with Crippen molar-refractivity contribution in [3.63, 3.8) is 0 Å². The Balaban J connectivity index is 1.86. The number of anilines is 1. The van der Waals surface area contributed by atoms with Crippen LogP contribution in [0.25, 0.3) is 0 Å². The molecule has 0 atom stereocenters. The van der Waals surface area contributed by atoms with Crippen LogP contribution in [0.15, 0.2) is 30.6 Å². The third kappa shape index (κ3) is 2.28. The number of aromatic nitrogens is 2. The van der Waals surface area contributed by atoms with Crippen LogP contribution in [-0.4, -0.2) is 9.97 Å². The van der Waals surface area contributed by atoms with Gasteiger partial charge in [-0.2, -0.15) is 0 Å². The molecule has 0 amide bonds. The normalized spacial score (nSPS) is 16.2. The third-order valence-corrected chi connectivity index (χ3v) is 3.35. The van der Waals surface area contributed by atoms with Gasteiger partial charge in [-0.1, -0.05) is 6.07 Å². The van der Waals surface area contributed by atoms with Gasteiger partial charge in [0.2, 0.25) is 5.95 Å². The maximum atomic E-state index is 13.3. The van der Waals surface area contributed by atoms with Crippen molar-refractivity contribution in [3.05, 3.63) is 53.4 Å². The van der Waals surface area contributed by atoms with Crippen LogP contribution >= 0.6 is 0 Å².